The van der Waals surface area contributed by atoms with Crippen molar-refractivity contribution in [2.75, 3.05) is 0 Å². The second-order valence-corrected chi connectivity index (χ2v) is 10.4. The lowest BCUT2D eigenvalue weighted by Gasteiger charge is -2.21. The Kier molecular flexibility index (Phi) is 4.18. The predicted octanol–water partition coefficient (Wildman–Crippen LogP) is 4.00. The van der Waals surface area contributed by atoms with E-state index in [1.165, 1.54) is 10.8 Å². The van der Waals surface area contributed by atoms with Crippen LogP contribution in [0.1, 0.15) is 12.0 Å². The molecular weight excluding hydrogens is 220 g/mol. The van der Waals surface area contributed by atoms with E-state index in [1.807, 2.05) is 12.1 Å². The molecule has 0 saturated carbocycles. The second-order valence-electron chi connectivity index (χ2n) is 4.88. The van der Waals surface area contributed by atoms with E-state index in [0.717, 1.165) is 17.9 Å². The van der Waals surface area contributed by atoms with Gasteiger partial charge in [0.05, 0.1) is 8.07 Å². The van der Waals surface area contributed by atoms with Crippen LogP contribution in [0.2, 0.25) is 24.7 Å². The zero-order chi connectivity index (χ0) is 11.5. The fourth-order valence-electron chi connectivity index (χ4n) is 1.76. The van der Waals surface area contributed by atoms with Gasteiger partial charge in [-0.3, -0.25) is 0 Å². The first-order valence-electron chi connectivity index (χ1n) is 5.35. The molecule has 0 aliphatic heterocycles. The van der Waals surface area contributed by atoms with E-state index in [0.29, 0.717) is 0 Å². The Bertz CT molecular complexity index is 350. The molecule has 0 amide bonds. The van der Waals surface area contributed by atoms with Crippen LogP contribution in [-0.2, 0) is 6.42 Å². The van der Waals surface area contributed by atoms with Gasteiger partial charge >= 0.3 is 0 Å². The first-order valence-corrected chi connectivity index (χ1v) is 9.23. The quantitative estimate of drug-likeness (QED) is 0.550. The minimum absolute atomic E-state index is 0.844. The van der Waals surface area contributed by atoms with Crippen LogP contribution < -0.4 is 5.19 Å². The topological polar surface area (TPSA) is 0 Å². The van der Waals surface area contributed by atoms with Gasteiger partial charge in [0.15, 0.2) is 0 Å². The molecule has 0 atom stereocenters. The summed E-state index contributed by atoms with van der Waals surface area (Å²) in [4.78, 5) is 0. The fourth-order valence-corrected chi connectivity index (χ4v) is 3.70. The molecule has 15 heavy (non-hydrogen) atoms. The van der Waals surface area contributed by atoms with Crippen molar-refractivity contribution < 1.29 is 0 Å². The normalized spacial score (nSPS) is 11.5. The highest BCUT2D eigenvalue weighted by atomic mass is 35.5. The standard InChI is InChI=1S/C13H19ClSi/c1-5-6-7-11-10-12(14)8-9-13(11)15(2,3)4/h5,8-10H,1,6-7H2,2-4H3. The van der Waals surface area contributed by atoms with Gasteiger partial charge in [0, 0.05) is 5.02 Å². The summed E-state index contributed by atoms with van der Waals surface area (Å²) < 4.78 is 0. The maximum absolute atomic E-state index is 6.04. The average molecular weight is 239 g/mol. The van der Waals surface area contributed by atoms with E-state index in [2.05, 4.69) is 38.4 Å². The number of aryl methyl sites for hydroxylation is 1. The summed E-state index contributed by atoms with van der Waals surface area (Å²) in [6, 6.07) is 6.32. The van der Waals surface area contributed by atoms with Crippen LogP contribution in [0.4, 0.5) is 0 Å². The minimum atomic E-state index is -1.24. The van der Waals surface area contributed by atoms with E-state index >= 15 is 0 Å². The molecule has 0 aliphatic carbocycles. The van der Waals surface area contributed by atoms with E-state index < -0.39 is 8.07 Å². The first kappa shape index (κ1) is 12.5. The van der Waals surface area contributed by atoms with Crippen LogP contribution in [0.25, 0.3) is 0 Å². The molecule has 0 radical (unpaired) electrons. The van der Waals surface area contributed by atoms with Crippen molar-refractivity contribution in [1.29, 1.82) is 0 Å². The van der Waals surface area contributed by atoms with Crippen LogP contribution >= 0.6 is 11.6 Å². The molecule has 0 fully saturated rings. The summed E-state index contributed by atoms with van der Waals surface area (Å²) in [5, 5.41) is 2.37. The lowest BCUT2D eigenvalue weighted by atomic mass is 10.1. The zero-order valence-corrected chi connectivity index (χ0v) is 11.6. The maximum Gasteiger partial charge on any atom is 0.0779 e. The van der Waals surface area contributed by atoms with Crippen molar-refractivity contribution in [3.8, 4) is 0 Å². The molecule has 0 N–H and O–H groups in total. The largest absolute Gasteiger partial charge is 0.103 e. The van der Waals surface area contributed by atoms with Crippen molar-refractivity contribution >= 4 is 24.9 Å². The van der Waals surface area contributed by atoms with Gasteiger partial charge in [-0.25, -0.2) is 0 Å². The maximum atomic E-state index is 6.04. The van der Waals surface area contributed by atoms with Crippen molar-refractivity contribution in [2.45, 2.75) is 32.5 Å². The summed E-state index contributed by atoms with van der Waals surface area (Å²) in [6.07, 6.45) is 4.05. The molecule has 1 rings (SSSR count). The van der Waals surface area contributed by atoms with Crippen molar-refractivity contribution in [2.24, 2.45) is 0 Å². The van der Waals surface area contributed by atoms with Crippen LogP contribution in [-0.4, -0.2) is 8.07 Å². The van der Waals surface area contributed by atoms with Crippen LogP contribution in [0.15, 0.2) is 30.9 Å². The van der Waals surface area contributed by atoms with Crippen LogP contribution in [0.5, 0.6) is 0 Å². The molecule has 1 aromatic carbocycles. The Morgan fingerprint density at radius 2 is 2.00 bits per heavy atom. The summed E-state index contributed by atoms with van der Waals surface area (Å²) in [5.74, 6) is 0. The highest BCUT2D eigenvalue weighted by Gasteiger charge is 2.19. The third-order valence-electron chi connectivity index (χ3n) is 2.49. The molecule has 0 bridgehead atoms. The predicted molar refractivity (Wildman–Crippen MR) is 73.0 cm³/mol. The third-order valence-corrected chi connectivity index (χ3v) is 4.83. The Morgan fingerprint density at radius 1 is 1.33 bits per heavy atom. The Balaban J connectivity index is 3.08. The van der Waals surface area contributed by atoms with E-state index in [9.17, 15) is 0 Å². The summed E-state index contributed by atoms with van der Waals surface area (Å²) >= 11 is 6.04. The molecule has 0 nitrogen and oxygen atoms in total. The molecule has 2 heteroatoms. The SMILES string of the molecule is C=CCCc1cc(Cl)ccc1[Si](C)(C)C. The average Bonchev–Trinajstić information content (AvgIpc) is 2.12. The van der Waals surface area contributed by atoms with Gasteiger partial charge in [-0.2, -0.15) is 0 Å². The Labute approximate surface area is 99.0 Å². The highest BCUT2D eigenvalue weighted by Crippen LogP contribution is 2.15. The molecule has 0 aliphatic rings. The monoisotopic (exact) mass is 238 g/mol. The molecule has 82 valence electrons. The molecule has 0 saturated heterocycles. The van der Waals surface area contributed by atoms with E-state index in [4.69, 9.17) is 11.6 Å². The summed E-state index contributed by atoms with van der Waals surface area (Å²) in [7, 11) is -1.24. The highest BCUT2D eigenvalue weighted by molar-refractivity contribution is 6.89. The van der Waals surface area contributed by atoms with Crippen molar-refractivity contribution in [1.82, 2.24) is 0 Å². The molecule has 1 aromatic rings. The molecule has 0 heterocycles. The minimum Gasteiger partial charge on any atom is -0.103 e. The lowest BCUT2D eigenvalue weighted by Crippen LogP contribution is -2.40. The van der Waals surface area contributed by atoms with Crippen molar-refractivity contribution in [3.63, 3.8) is 0 Å². The lowest BCUT2D eigenvalue weighted by molar-refractivity contribution is 1.01. The van der Waals surface area contributed by atoms with Crippen molar-refractivity contribution in [3.05, 3.63) is 41.4 Å². The van der Waals surface area contributed by atoms with Gasteiger partial charge < -0.3 is 0 Å². The number of rotatable bonds is 4. The Morgan fingerprint density at radius 3 is 2.53 bits per heavy atom. The second kappa shape index (κ2) is 5.00. The van der Waals surface area contributed by atoms with Crippen LogP contribution in [0.3, 0.4) is 0 Å². The van der Waals surface area contributed by atoms with Gasteiger partial charge in [0.25, 0.3) is 0 Å². The molecule has 0 aromatic heterocycles. The third kappa shape index (κ3) is 3.51. The zero-order valence-electron chi connectivity index (χ0n) is 9.81. The van der Waals surface area contributed by atoms with Gasteiger partial charge in [-0.05, 0) is 30.5 Å². The van der Waals surface area contributed by atoms with Gasteiger partial charge in [0.1, 0.15) is 0 Å². The molecular formula is C13H19ClSi. The van der Waals surface area contributed by atoms with E-state index in [-0.39, 0.29) is 0 Å². The number of allylic oxidation sites excluding steroid dienone is 1. The number of hydrogen-bond donors (Lipinski definition) is 0. The van der Waals surface area contributed by atoms with Crippen LogP contribution in [0, 0.1) is 0 Å². The van der Waals surface area contributed by atoms with Gasteiger partial charge in [-0.15, -0.1) is 6.58 Å². The smallest absolute Gasteiger partial charge is 0.0779 e. The fraction of sp³-hybridized carbons (Fsp3) is 0.385. The molecule has 0 spiro atoms. The first-order chi connectivity index (χ1) is 6.95. The number of hydrogen-bond acceptors (Lipinski definition) is 0. The number of benzene rings is 1. The van der Waals surface area contributed by atoms with E-state index in [1.54, 1.807) is 0 Å². The Hall–Kier alpha value is -0.533. The molecule has 0 unspecified atom stereocenters. The summed E-state index contributed by atoms with van der Waals surface area (Å²) in [6.45, 7) is 10.9. The van der Waals surface area contributed by atoms with Gasteiger partial charge in [0.2, 0.25) is 0 Å². The summed E-state index contributed by atoms with van der Waals surface area (Å²) in [5.41, 5.74) is 1.40. The number of halogens is 1. The van der Waals surface area contributed by atoms with Gasteiger partial charge in [-0.1, -0.05) is 48.6 Å².